The summed E-state index contributed by atoms with van der Waals surface area (Å²) in [4.78, 5) is 4.69. The molecule has 24 heavy (non-hydrogen) atoms. The lowest BCUT2D eigenvalue weighted by Crippen LogP contribution is -2.38. The number of aryl methyl sites for hydroxylation is 1. The summed E-state index contributed by atoms with van der Waals surface area (Å²) >= 11 is 1.73. The third kappa shape index (κ3) is 6.24. The molecule has 1 aromatic carbocycles. The van der Waals surface area contributed by atoms with Crippen LogP contribution in [0.3, 0.4) is 0 Å². The molecule has 1 unspecified atom stereocenters. The van der Waals surface area contributed by atoms with Crippen LogP contribution >= 0.6 is 11.3 Å². The Morgan fingerprint density at radius 2 is 2.00 bits per heavy atom. The van der Waals surface area contributed by atoms with Crippen LogP contribution in [0.15, 0.2) is 46.1 Å². The number of phenols is 1. The fourth-order valence-electron chi connectivity index (χ4n) is 2.39. The zero-order valence-corrected chi connectivity index (χ0v) is 15.3. The van der Waals surface area contributed by atoms with E-state index in [0.29, 0.717) is 11.7 Å². The minimum Gasteiger partial charge on any atom is -0.508 e. The van der Waals surface area contributed by atoms with Crippen LogP contribution in [0.5, 0.6) is 5.75 Å². The fourth-order valence-corrected chi connectivity index (χ4v) is 3.17. The number of aromatic hydroxyl groups is 1. The van der Waals surface area contributed by atoms with Crippen molar-refractivity contribution in [3.63, 3.8) is 0 Å². The second-order valence-electron chi connectivity index (χ2n) is 5.87. The highest BCUT2D eigenvalue weighted by molar-refractivity contribution is 7.07. The SMILES string of the molecule is CCNC(=NCC(C)c1ccsc1)NCCCc1ccc(O)cc1. The van der Waals surface area contributed by atoms with E-state index in [0.717, 1.165) is 38.4 Å². The highest BCUT2D eigenvalue weighted by Crippen LogP contribution is 2.18. The highest BCUT2D eigenvalue weighted by atomic mass is 32.1. The van der Waals surface area contributed by atoms with Crippen LogP contribution in [0.25, 0.3) is 0 Å². The number of guanidine groups is 1. The molecule has 1 atom stereocenters. The van der Waals surface area contributed by atoms with Gasteiger partial charge in [0.2, 0.25) is 0 Å². The van der Waals surface area contributed by atoms with Crippen LogP contribution in [-0.2, 0) is 6.42 Å². The molecule has 5 heteroatoms. The fraction of sp³-hybridized carbons (Fsp3) is 0.421. The molecule has 4 nitrogen and oxygen atoms in total. The Balaban J connectivity index is 1.75. The van der Waals surface area contributed by atoms with Crippen molar-refractivity contribution in [2.75, 3.05) is 19.6 Å². The van der Waals surface area contributed by atoms with Crippen LogP contribution in [-0.4, -0.2) is 30.7 Å². The van der Waals surface area contributed by atoms with Gasteiger partial charge in [-0.15, -0.1) is 0 Å². The van der Waals surface area contributed by atoms with E-state index in [1.54, 1.807) is 23.5 Å². The third-order valence-corrected chi connectivity index (χ3v) is 4.55. The van der Waals surface area contributed by atoms with Crippen LogP contribution < -0.4 is 10.6 Å². The molecule has 0 saturated heterocycles. The number of nitrogens with one attached hydrogen (secondary N) is 2. The van der Waals surface area contributed by atoms with Gasteiger partial charge in [-0.25, -0.2) is 0 Å². The lowest BCUT2D eigenvalue weighted by molar-refractivity contribution is 0.475. The van der Waals surface area contributed by atoms with E-state index in [2.05, 4.69) is 41.3 Å². The summed E-state index contributed by atoms with van der Waals surface area (Å²) < 4.78 is 0. The van der Waals surface area contributed by atoms with Gasteiger partial charge in [0.1, 0.15) is 5.75 Å². The molecule has 0 aliphatic carbocycles. The van der Waals surface area contributed by atoms with E-state index in [1.807, 2.05) is 12.1 Å². The molecule has 0 amide bonds. The van der Waals surface area contributed by atoms with Gasteiger partial charge in [0, 0.05) is 25.6 Å². The van der Waals surface area contributed by atoms with Crippen LogP contribution in [0.1, 0.15) is 37.3 Å². The third-order valence-electron chi connectivity index (χ3n) is 3.85. The molecule has 0 radical (unpaired) electrons. The summed E-state index contributed by atoms with van der Waals surface area (Å²) in [5.74, 6) is 1.63. The van der Waals surface area contributed by atoms with E-state index in [-0.39, 0.29) is 0 Å². The van der Waals surface area contributed by atoms with Crippen LogP contribution in [0, 0.1) is 0 Å². The molecule has 1 aromatic heterocycles. The molecule has 2 rings (SSSR count). The monoisotopic (exact) mass is 345 g/mol. The van der Waals surface area contributed by atoms with Gasteiger partial charge in [-0.05, 0) is 59.9 Å². The van der Waals surface area contributed by atoms with E-state index in [1.165, 1.54) is 11.1 Å². The molecule has 0 bridgehead atoms. The van der Waals surface area contributed by atoms with Gasteiger partial charge in [0.05, 0.1) is 0 Å². The Morgan fingerprint density at radius 1 is 1.21 bits per heavy atom. The number of aliphatic imine (C=N–C) groups is 1. The minimum atomic E-state index is 0.318. The number of rotatable bonds is 8. The standard InChI is InChI=1S/C19H27N3OS/c1-3-20-19(22-13-15(2)17-10-12-24-14-17)21-11-4-5-16-6-8-18(23)9-7-16/h6-10,12,14-15,23H,3-5,11,13H2,1-2H3,(H2,20,21,22). The molecule has 130 valence electrons. The zero-order valence-electron chi connectivity index (χ0n) is 14.5. The van der Waals surface area contributed by atoms with Crippen LogP contribution in [0.2, 0.25) is 0 Å². The molecule has 1 heterocycles. The normalized spacial score (nSPS) is 12.8. The second-order valence-corrected chi connectivity index (χ2v) is 6.65. The first kappa shape index (κ1) is 18.3. The summed E-state index contributed by atoms with van der Waals surface area (Å²) in [5, 5.41) is 20.3. The van der Waals surface area contributed by atoms with E-state index in [9.17, 15) is 5.11 Å². The second kappa shape index (κ2) is 9.98. The first-order valence-electron chi connectivity index (χ1n) is 8.51. The summed E-state index contributed by atoms with van der Waals surface area (Å²) in [6.45, 7) is 6.80. The van der Waals surface area contributed by atoms with Gasteiger partial charge in [0.15, 0.2) is 5.96 Å². The summed E-state index contributed by atoms with van der Waals surface area (Å²) in [6.07, 6.45) is 2.01. The van der Waals surface area contributed by atoms with E-state index >= 15 is 0 Å². The van der Waals surface area contributed by atoms with Crippen molar-refractivity contribution in [1.29, 1.82) is 0 Å². The van der Waals surface area contributed by atoms with Crippen LogP contribution in [0.4, 0.5) is 0 Å². The van der Waals surface area contributed by atoms with Gasteiger partial charge in [-0.1, -0.05) is 19.1 Å². The lowest BCUT2D eigenvalue weighted by atomic mass is 10.1. The first-order valence-corrected chi connectivity index (χ1v) is 9.45. The van der Waals surface area contributed by atoms with Crippen molar-refractivity contribution in [2.45, 2.75) is 32.6 Å². The molecule has 0 saturated carbocycles. The average molecular weight is 346 g/mol. The van der Waals surface area contributed by atoms with Crippen molar-refractivity contribution >= 4 is 17.3 Å². The molecule has 0 aliphatic rings. The van der Waals surface area contributed by atoms with E-state index in [4.69, 9.17) is 4.99 Å². The minimum absolute atomic E-state index is 0.318. The van der Waals surface area contributed by atoms with Crippen molar-refractivity contribution in [2.24, 2.45) is 4.99 Å². The van der Waals surface area contributed by atoms with Crippen molar-refractivity contribution in [3.05, 3.63) is 52.2 Å². The smallest absolute Gasteiger partial charge is 0.191 e. The Morgan fingerprint density at radius 3 is 2.67 bits per heavy atom. The Hall–Kier alpha value is -2.01. The maximum Gasteiger partial charge on any atom is 0.191 e. The Bertz CT molecular complexity index is 608. The predicted octanol–water partition coefficient (Wildman–Crippen LogP) is 3.75. The van der Waals surface area contributed by atoms with Crippen molar-refractivity contribution in [1.82, 2.24) is 10.6 Å². The molecule has 3 N–H and O–H groups in total. The van der Waals surface area contributed by atoms with Gasteiger partial charge in [-0.2, -0.15) is 11.3 Å². The van der Waals surface area contributed by atoms with Gasteiger partial charge < -0.3 is 15.7 Å². The Labute approximate surface area is 148 Å². The van der Waals surface area contributed by atoms with E-state index < -0.39 is 0 Å². The number of hydrogen-bond acceptors (Lipinski definition) is 3. The maximum absolute atomic E-state index is 9.30. The topological polar surface area (TPSA) is 56.7 Å². The molecule has 0 spiro atoms. The highest BCUT2D eigenvalue weighted by Gasteiger charge is 2.05. The Kier molecular flexibility index (Phi) is 7.62. The maximum atomic E-state index is 9.30. The number of hydrogen-bond donors (Lipinski definition) is 3. The quantitative estimate of drug-likeness (QED) is 0.388. The van der Waals surface area contributed by atoms with Crippen molar-refractivity contribution in [3.8, 4) is 5.75 Å². The summed E-state index contributed by atoms with van der Waals surface area (Å²) in [6, 6.07) is 9.58. The summed E-state index contributed by atoms with van der Waals surface area (Å²) in [7, 11) is 0. The number of phenolic OH excluding ortho intramolecular Hbond substituents is 1. The molecule has 0 fully saturated rings. The van der Waals surface area contributed by atoms with Crippen molar-refractivity contribution < 1.29 is 5.11 Å². The van der Waals surface area contributed by atoms with Gasteiger partial charge >= 0.3 is 0 Å². The molecular weight excluding hydrogens is 318 g/mol. The number of thiophene rings is 1. The first-order chi connectivity index (χ1) is 11.7. The molecular formula is C19H27N3OS. The molecule has 2 aromatic rings. The largest absolute Gasteiger partial charge is 0.508 e. The summed E-state index contributed by atoms with van der Waals surface area (Å²) in [5.41, 5.74) is 2.59. The van der Waals surface area contributed by atoms with Gasteiger partial charge in [-0.3, -0.25) is 4.99 Å². The average Bonchev–Trinajstić information content (AvgIpc) is 3.12. The lowest BCUT2D eigenvalue weighted by Gasteiger charge is -2.13. The molecule has 0 aliphatic heterocycles. The number of benzene rings is 1. The number of nitrogens with zero attached hydrogens (tertiary/aromatic N) is 1. The van der Waals surface area contributed by atoms with Gasteiger partial charge in [0.25, 0.3) is 0 Å². The predicted molar refractivity (Wildman–Crippen MR) is 103 cm³/mol. The zero-order chi connectivity index (χ0) is 17.2.